The summed E-state index contributed by atoms with van der Waals surface area (Å²) in [5.74, 6) is -0.290. The summed E-state index contributed by atoms with van der Waals surface area (Å²) >= 11 is 5.88. The van der Waals surface area contributed by atoms with Gasteiger partial charge in [-0.3, -0.25) is 4.90 Å². The molecule has 0 atom stereocenters. The van der Waals surface area contributed by atoms with Gasteiger partial charge in [0.1, 0.15) is 5.82 Å². The summed E-state index contributed by atoms with van der Waals surface area (Å²) in [5.41, 5.74) is 0.739. The van der Waals surface area contributed by atoms with Crippen molar-refractivity contribution in [2.75, 3.05) is 20.2 Å². The molecular formula is C10H13ClFNO. The maximum atomic E-state index is 12.9. The quantitative estimate of drug-likeness (QED) is 0.833. The number of nitrogens with zero attached hydrogens (tertiary/aromatic N) is 1. The van der Waals surface area contributed by atoms with E-state index in [2.05, 4.69) is 0 Å². The van der Waals surface area contributed by atoms with E-state index in [1.54, 1.807) is 6.07 Å². The molecule has 0 aromatic heterocycles. The zero-order valence-electron chi connectivity index (χ0n) is 8.00. The summed E-state index contributed by atoms with van der Waals surface area (Å²) in [4.78, 5) is 1.88. The van der Waals surface area contributed by atoms with Gasteiger partial charge < -0.3 is 5.11 Å². The number of hydrogen-bond donors (Lipinski definition) is 1. The molecule has 0 aliphatic rings. The molecule has 4 heteroatoms. The molecule has 0 radical (unpaired) electrons. The predicted octanol–water partition coefficient (Wildman–Crippen LogP) is 1.90. The Morgan fingerprint density at radius 1 is 1.50 bits per heavy atom. The molecule has 0 fully saturated rings. The smallest absolute Gasteiger partial charge is 0.123 e. The Hall–Kier alpha value is -0.640. The lowest BCUT2D eigenvalue weighted by Crippen LogP contribution is -2.21. The van der Waals surface area contributed by atoms with Crippen LogP contribution in [-0.2, 0) is 6.54 Å². The van der Waals surface area contributed by atoms with Gasteiger partial charge in [0.25, 0.3) is 0 Å². The highest BCUT2D eigenvalue weighted by Gasteiger charge is 2.05. The van der Waals surface area contributed by atoms with Gasteiger partial charge in [-0.1, -0.05) is 11.6 Å². The van der Waals surface area contributed by atoms with Crippen molar-refractivity contribution in [2.24, 2.45) is 0 Å². The molecule has 1 aromatic rings. The summed E-state index contributed by atoms with van der Waals surface area (Å²) in [6.45, 7) is 1.17. The summed E-state index contributed by atoms with van der Waals surface area (Å²) in [6.07, 6.45) is 0. The van der Waals surface area contributed by atoms with Crippen LogP contribution in [0.1, 0.15) is 5.56 Å². The van der Waals surface area contributed by atoms with Gasteiger partial charge >= 0.3 is 0 Å². The lowest BCUT2D eigenvalue weighted by atomic mass is 10.2. The number of aliphatic hydroxyl groups is 1. The number of rotatable bonds is 4. The SMILES string of the molecule is CN(CCO)Cc1cc(F)ccc1Cl. The van der Waals surface area contributed by atoms with E-state index in [1.165, 1.54) is 12.1 Å². The van der Waals surface area contributed by atoms with E-state index in [9.17, 15) is 4.39 Å². The second-order valence-corrected chi connectivity index (χ2v) is 3.60. The maximum absolute atomic E-state index is 12.9. The van der Waals surface area contributed by atoms with Crippen molar-refractivity contribution >= 4 is 11.6 Å². The minimum atomic E-state index is -0.290. The highest BCUT2D eigenvalue weighted by molar-refractivity contribution is 6.31. The van der Waals surface area contributed by atoms with Crippen molar-refractivity contribution < 1.29 is 9.50 Å². The van der Waals surface area contributed by atoms with Crippen LogP contribution in [-0.4, -0.2) is 30.2 Å². The molecule has 1 rings (SSSR count). The van der Waals surface area contributed by atoms with Gasteiger partial charge in [0, 0.05) is 18.1 Å². The fourth-order valence-corrected chi connectivity index (χ4v) is 1.38. The average molecular weight is 218 g/mol. The second-order valence-electron chi connectivity index (χ2n) is 3.20. The van der Waals surface area contributed by atoms with Gasteiger partial charge in [0.15, 0.2) is 0 Å². The first-order valence-corrected chi connectivity index (χ1v) is 4.74. The highest BCUT2D eigenvalue weighted by Crippen LogP contribution is 2.18. The van der Waals surface area contributed by atoms with Crippen molar-refractivity contribution in [3.05, 3.63) is 34.6 Å². The van der Waals surface area contributed by atoms with Crippen molar-refractivity contribution in [3.8, 4) is 0 Å². The predicted molar refractivity (Wildman–Crippen MR) is 54.8 cm³/mol. The Bertz CT molecular complexity index is 306. The zero-order chi connectivity index (χ0) is 10.6. The molecule has 78 valence electrons. The number of benzene rings is 1. The minimum Gasteiger partial charge on any atom is -0.395 e. The van der Waals surface area contributed by atoms with Crippen LogP contribution < -0.4 is 0 Å². The zero-order valence-corrected chi connectivity index (χ0v) is 8.76. The molecule has 0 spiro atoms. The van der Waals surface area contributed by atoms with E-state index >= 15 is 0 Å². The first kappa shape index (κ1) is 11.4. The molecule has 14 heavy (non-hydrogen) atoms. The molecule has 2 nitrogen and oxygen atoms in total. The average Bonchev–Trinajstić information content (AvgIpc) is 2.12. The molecule has 0 saturated carbocycles. The molecule has 0 bridgehead atoms. The van der Waals surface area contributed by atoms with Gasteiger partial charge in [-0.05, 0) is 30.8 Å². The monoisotopic (exact) mass is 217 g/mol. The third-order valence-electron chi connectivity index (χ3n) is 1.93. The minimum absolute atomic E-state index is 0.0867. The molecule has 0 heterocycles. The third-order valence-corrected chi connectivity index (χ3v) is 2.30. The topological polar surface area (TPSA) is 23.5 Å². The third kappa shape index (κ3) is 3.25. The first-order chi connectivity index (χ1) is 6.63. The summed E-state index contributed by atoms with van der Waals surface area (Å²) in [7, 11) is 1.84. The van der Waals surface area contributed by atoms with E-state index in [1.807, 2.05) is 11.9 Å². The van der Waals surface area contributed by atoms with Crippen LogP contribution in [0.5, 0.6) is 0 Å². The van der Waals surface area contributed by atoms with Crippen LogP contribution in [0, 0.1) is 5.82 Å². The first-order valence-electron chi connectivity index (χ1n) is 4.37. The van der Waals surface area contributed by atoms with Crippen molar-refractivity contribution in [1.82, 2.24) is 4.90 Å². The van der Waals surface area contributed by atoms with E-state index in [0.717, 1.165) is 5.56 Å². The number of aliphatic hydroxyl groups excluding tert-OH is 1. The van der Waals surface area contributed by atoms with Crippen LogP contribution >= 0.6 is 11.6 Å². The molecule has 1 N–H and O–H groups in total. The number of hydrogen-bond acceptors (Lipinski definition) is 2. The van der Waals surface area contributed by atoms with Crippen LogP contribution in [0.2, 0.25) is 5.02 Å². The lowest BCUT2D eigenvalue weighted by Gasteiger charge is -2.15. The normalized spacial score (nSPS) is 10.9. The van der Waals surface area contributed by atoms with Gasteiger partial charge in [0.05, 0.1) is 6.61 Å². The summed E-state index contributed by atoms with van der Waals surface area (Å²) in [5, 5.41) is 9.24. The second kappa shape index (κ2) is 5.29. The van der Waals surface area contributed by atoms with E-state index in [0.29, 0.717) is 18.1 Å². The van der Waals surface area contributed by atoms with Crippen molar-refractivity contribution in [2.45, 2.75) is 6.54 Å². The van der Waals surface area contributed by atoms with Crippen LogP contribution in [0.25, 0.3) is 0 Å². The molecule has 1 aromatic carbocycles. The van der Waals surface area contributed by atoms with Crippen molar-refractivity contribution in [3.63, 3.8) is 0 Å². The van der Waals surface area contributed by atoms with Gasteiger partial charge in [-0.25, -0.2) is 4.39 Å². The Morgan fingerprint density at radius 3 is 2.86 bits per heavy atom. The van der Waals surface area contributed by atoms with Crippen LogP contribution in [0.4, 0.5) is 4.39 Å². The summed E-state index contributed by atoms with van der Waals surface area (Å²) < 4.78 is 12.9. The Labute approximate surface area is 87.9 Å². The number of halogens is 2. The summed E-state index contributed by atoms with van der Waals surface area (Å²) in [6, 6.07) is 4.28. The van der Waals surface area contributed by atoms with Crippen molar-refractivity contribution in [1.29, 1.82) is 0 Å². The Morgan fingerprint density at radius 2 is 2.21 bits per heavy atom. The van der Waals surface area contributed by atoms with Gasteiger partial charge in [-0.2, -0.15) is 0 Å². The Kier molecular flexibility index (Phi) is 4.32. The Balaban J connectivity index is 2.70. The molecule has 0 aliphatic carbocycles. The van der Waals surface area contributed by atoms with Gasteiger partial charge in [-0.15, -0.1) is 0 Å². The van der Waals surface area contributed by atoms with E-state index in [4.69, 9.17) is 16.7 Å². The molecule has 0 saturated heterocycles. The molecule has 0 amide bonds. The highest BCUT2D eigenvalue weighted by atomic mass is 35.5. The molecular weight excluding hydrogens is 205 g/mol. The van der Waals surface area contributed by atoms with Crippen LogP contribution in [0.3, 0.4) is 0 Å². The fourth-order valence-electron chi connectivity index (χ4n) is 1.21. The fraction of sp³-hybridized carbons (Fsp3) is 0.400. The molecule has 0 unspecified atom stereocenters. The maximum Gasteiger partial charge on any atom is 0.123 e. The standard InChI is InChI=1S/C10H13ClFNO/c1-13(4-5-14)7-8-6-9(12)2-3-10(8)11/h2-3,6,14H,4-5,7H2,1H3. The largest absolute Gasteiger partial charge is 0.395 e. The van der Waals surface area contributed by atoms with Crippen LogP contribution in [0.15, 0.2) is 18.2 Å². The number of likely N-dealkylation sites (N-methyl/N-ethyl adjacent to an activating group) is 1. The van der Waals surface area contributed by atoms with E-state index < -0.39 is 0 Å². The van der Waals surface area contributed by atoms with E-state index in [-0.39, 0.29) is 12.4 Å². The van der Waals surface area contributed by atoms with Gasteiger partial charge in [0.2, 0.25) is 0 Å². The lowest BCUT2D eigenvalue weighted by molar-refractivity contribution is 0.217. The molecule has 0 aliphatic heterocycles.